The topological polar surface area (TPSA) is 61.8 Å². The van der Waals surface area contributed by atoms with Gasteiger partial charge in [0.2, 0.25) is 0 Å². The minimum absolute atomic E-state index is 0.156. The lowest BCUT2D eigenvalue weighted by Gasteiger charge is -2.13. The van der Waals surface area contributed by atoms with Crippen molar-refractivity contribution in [3.05, 3.63) is 112 Å². The molecule has 33 heavy (non-hydrogen) atoms. The van der Waals surface area contributed by atoms with Crippen LogP contribution in [0.4, 0.5) is 0 Å². The number of rotatable bonds is 9. The van der Waals surface area contributed by atoms with E-state index in [0.29, 0.717) is 21.9 Å². The normalized spacial score (nSPS) is 11.3. The number of hydrogen-bond acceptors (Lipinski definition) is 5. The monoisotopic (exact) mass is 462 g/mol. The molecule has 0 fully saturated rings. The number of allylic oxidation sites excluding steroid dienone is 1. The van der Waals surface area contributed by atoms with Crippen molar-refractivity contribution < 1.29 is 23.8 Å². The molecule has 6 heteroatoms. The molecule has 0 atom stereocenters. The summed E-state index contributed by atoms with van der Waals surface area (Å²) in [5.74, 6) is -0.137. The summed E-state index contributed by atoms with van der Waals surface area (Å²) in [7, 11) is 2.78. The van der Waals surface area contributed by atoms with Crippen molar-refractivity contribution in [2.45, 2.75) is 6.61 Å². The highest BCUT2D eigenvalue weighted by molar-refractivity contribution is 6.30. The second kappa shape index (κ2) is 11.7. The van der Waals surface area contributed by atoms with E-state index in [-0.39, 0.29) is 18.0 Å². The lowest BCUT2D eigenvalue weighted by molar-refractivity contribution is -0.133. The zero-order chi connectivity index (χ0) is 23.6. The third-order valence-corrected chi connectivity index (χ3v) is 4.97. The van der Waals surface area contributed by atoms with Crippen molar-refractivity contribution in [1.29, 1.82) is 0 Å². The highest BCUT2D eigenvalue weighted by Gasteiger charge is 2.17. The van der Waals surface area contributed by atoms with E-state index in [1.54, 1.807) is 48.5 Å². The number of carbonyl (C=O) groups excluding carboxylic acids is 2. The number of hydrogen-bond donors (Lipinski definition) is 0. The molecule has 0 saturated carbocycles. The molecule has 3 aromatic carbocycles. The van der Waals surface area contributed by atoms with Crippen LogP contribution in [-0.4, -0.2) is 26.0 Å². The Balaban J connectivity index is 1.75. The van der Waals surface area contributed by atoms with Gasteiger partial charge in [-0.05, 0) is 47.0 Å². The second-order valence-electron chi connectivity index (χ2n) is 6.99. The molecule has 0 aromatic heterocycles. The van der Waals surface area contributed by atoms with E-state index in [2.05, 4.69) is 0 Å². The summed E-state index contributed by atoms with van der Waals surface area (Å²) in [6.45, 7) is 0.185. The Morgan fingerprint density at radius 3 is 2.48 bits per heavy atom. The van der Waals surface area contributed by atoms with Crippen LogP contribution in [-0.2, 0) is 20.9 Å². The number of benzene rings is 3. The van der Waals surface area contributed by atoms with Crippen LogP contribution >= 0.6 is 11.6 Å². The van der Waals surface area contributed by atoms with E-state index >= 15 is 0 Å². The summed E-state index contributed by atoms with van der Waals surface area (Å²) in [5.41, 5.74) is 3.03. The molecule has 5 nitrogen and oxygen atoms in total. The van der Waals surface area contributed by atoms with E-state index in [1.807, 2.05) is 30.3 Å². The van der Waals surface area contributed by atoms with Gasteiger partial charge in [0, 0.05) is 10.6 Å². The number of carbonyl (C=O) groups is 2. The number of esters is 1. The van der Waals surface area contributed by atoms with Crippen LogP contribution < -0.4 is 4.74 Å². The summed E-state index contributed by atoms with van der Waals surface area (Å²) < 4.78 is 15.8. The average Bonchev–Trinajstić information content (AvgIpc) is 2.84. The molecule has 0 aliphatic carbocycles. The Morgan fingerprint density at radius 1 is 0.939 bits per heavy atom. The summed E-state index contributed by atoms with van der Waals surface area (Å²) in [6.07, 6.45) is 4.56. The highest BCUT2D eigenvalue weighted by Crippen LogP contribution is 2.23. The maximum atomic E-state index is 12.6. The quantitative estimate of drug-likeness (QED) is 0.169. The molecule has 0 N–H and O–H groups in total. The van der Waals surface area contributed by atoms with Gasteiger partial charge < -0.3 is 14.2 Å². The van der Waals surface area contributed by atoms with Gasteiger partial charge in [-0.3, -0.25) is 4.79 Å². The lowest BCUT2D eigenvalue weighted by atomic mass is 10.0. The first-order valence-corrected chi connectivity index (χ1v) is 10.5. The Labute approximate surface area is 197 Å². The van der Waals surface area contributed by atoms with Gasteiger partial charge in [0.15, 0.2) is 5.78 Å². The number of ether oxygens (including phenoxy) is 3. The molecular formula is C27H23ClO5. The SMILES string of the molecule is CO/C=C(/C(=O)OC)c1ccccc1COc1cccc(C(=O)/C=C/c2cccc(Cl)c2)c1. The van der Waals surface area contributed by atoms with Crippen LogP contribution in [0, 0.1) is 0 Å². The maximum Gasteiger partial charge on any atom is 0.341 e. The van der Waals surface area contributed by atoms with Crippen LogP contribution in [0.5, 0.6) is 5.75 Å². The number of ketones is 1. The van der Waals surface area contributed by atoms with E-state index in [4.69, 9.17) is 25.8 Å². The first-order valence-electron chi connectivity index (χ1n) is 10.1. The summed E-state index contributed by atoms with van der Waals surface area (Å²) >= 11 is 5.99. The number of methoxy groups -OCH3 is 2. The minimum atomic E-state index is -0.511. The summed E-state index contributed by atoms with van der Waals surface area (Å²) in [5, 5.41) is 0.607. The van der Waals surface area contributed by atoms with Gasteiger partial charge in [-0.15, -0.1) is 0 Å². The highest BCUT2D eigenvalue weighted by atomic mass is 35.5. The molecule has 168 valence electrons. The third-order valence-electron chi connectivity index (χ3n) is 4.74. The van der Waals surface area contributed by atoms with Gasteiger partial charge >= 0.3 is 5.97 Å². The molecule has 0 unspecified atom stereocenters. The second-order valence-corrected chi connectivity index (χ2v) is 7.42. The first-order chi connectivity index (χ1) is 16.0. The van der Waals surface area contributed by atoms with Crippen LogP contribution in [0.3, 0.4) is 0 Å². The van der Waals surface area contributed by atoms with Crippen LogP contribution in [0.2, 0.25) is 5.02 Å². The fourth-order valence-corrected chi connectivity index (χ4v) is 3.34. The largest absolute Gasteiger partial charge is 0.503 e. The molecule has 0 aliphatic heterocycles. The maximum absolute atomic E-state index is 12.6. The van der Waals surface area contributed by atoms with Crippen molar-refractivity contribution in [3.8, 4) is 5.75 Å². The molecule has 0 heterocycles. The third kappa shape index (κ3) is 6.57. The summed E-state index contributed by atoms with van der Waals surface area (Å²) in [6, 6.07) is 21.5. The van der Waals surface area contributed by atoms with Crippen molar-refractivity contribution in [2.75, 3.05) is 14.2 Å². The smallest absolute Gasteiger partial charge is 0.341 e. The molecular weight excluding hydrogens is 440 g/mol. The van der Waals surface area contributed by atoms with Gasteiger partial charge in [-0.2, -0.15) is 0 Å². The molecule has 3 aromatic rings. The molecule has 0 aliphatic rings. The van der Waals surface area contributed by atoms with Gasteiger partial charge in [-0.1, -0.05) is 66.2 Å². The lowest BCUT2D eigenvalue weighted by Crippen LogP contribution is -2.08. The van der Waals surface area contributed by atoms with Gasteiger partial charge in [0.25, 0.3) is 0 Å². The first kappa shape index (κ1) is 23.8. The van der Waals surface area contributed by atoms with E-state index in [0.717, 1.165) is 11.1 Å². The Bertz CT molecular complexity index is 1200. The van der Waals surface area contributed by atoms with Crippen molar-refractivity contribution in [1.82, 2.24) is 0 Å². The Kier molecular flexibility index (Phi) is 8.44. The van der Waals surface area contributed by atoms with Gasteiger partial charge in [0.1, 0.15) is 17.9 Å². The molecule has 0 bridgehead atoms. The van der Waals surface area contributed by atoms with Crippen molar-refractivity contribution in [3.63, 3.8) is 0 Å². The van der Waals surface area contributed by atoms with E-state index < -0.39 is 5.97 Å². The van der Waals surface area contributed by atoms with Crippen molar-refractivity contribution >= 4 is 35.0 Å². The van der Waals surface area contributed by atoms with Crippen LogP contribution in [0.25, 0.3) is 11.6 Å². The predicted octanol–water partition coefficient (Wildman–Crippen LogP) is 5.98. The van der Waals surface area contributed by atoms with E-state index in [1.165, 1.54) is 26.6 Å². The zero-order valence-electron chi connectivity index (χ0n) is 18.3. The Hall–Kier alpha value is -3.83. The fraction of sp³-hybridized carbons (Fsp3) is 0.111. The molecule has 0 spiro atoms. The molecule has 0 amide bonds. The standard InChI is InChI=1S/C27H23ClO5/c1-31-18-25(27(30)32-2)24-12-4-3-8-21(24)17-33-23-11-6-9-20(16-23)26(29)14-13-19-7-5-10-22(28)15-19/h3-16,18H,17H2,1-2H3/b14-13+,25-18+. The van der Waals surface area contributed by atoms with Crippen LogP contribution in [0.15, 0.2) is 85.1 Å². The molecule has 0 saturated heterocycles. The minimum Gasteiger partial charge on any atom is -0.503 e. The number of halogens is 1. The van der Waals surface area contributed by atoms with E-state index in [9.17, 15) is 9.59 Å². The van der Waals surface area contributed by atoms with Crippen molar-refractivity contribution in [2.24, 2.45) is 0 Å². The van der Waals surface area contributed by atoms with Crippen LogP contribution in [0.1, 0.15) is 27.0 Å². The predicted molar refractivity (Wildman–Crippen MR) is 129 cm³/mol. The van der Waals surface area contributed by atoms with Gasteiger partial charge in [-0.25, -0.2) is 4.79 Å². The van der Waals surface area contributed by atoms with Gasteiger partial charge in [0.05, 0.1) is 20.5 Å². The molecule has 3 rings (SSSR count). The Morgan fingerprint density at radius 2 is 1.73 bits per heavy atom. The fourth-order valence-electron chi connectivity index (χ4n) is 3.14. The average molecular weight is 463 g/mol. The molecule has 0 radical (unpaired) electrons. The zero-order valence-corrected chi connectivity index (χ0v) is 19.0. The summed E-state index contributed by atoms with van der Waals surface area (Å²) in [4.78, 5) is 24.8.